The van der Waals surface area contributed by atoms with Crippen molar-refractivity contribution in [3.63, 3.8) is 0 Å². The first-order valence-corrected chi connectivity index (χ1v) is 8.62. The molecule has 0 unspecified atom stereocenters. The van der Waals surface area contributed by atoms with Crippen LogP contribution in [-0.4, -0.2) is 45.0 Å². The lowest BCUT2D eigenvalue weighted by Crippen LogP contribution is -2.42. The zero-order valence-electron chi connectivity index (χ0n) is 13.5. The number of rotatable bonds is 8. The monoisotopic (exact) mass is 314 g/mol. The van der Waals surface area contributed by atoms with Gasteiger partial charge in [0.05, 0.1) is 12.0 Å². The van der Waals surface area contributed by atoms with E-state index in [4.69, 9.17) is 4.74 Å². The molecule has 120 valence electrons. The summed E-state index contributed by atoms with van der Waals surface area (Å²) in [6, 6.07) is 6.74. The maximum absolute atomic E-state index is 12.7. The van der Waals surface area contributed by atoms with E-state index in [9.17, 15) is 8.42 Å². The second-order valence-corrected chi connectivity index (χ2v) is 7.38. The predicted molar refractivity (Wildman–Crippen MR) is 85.2 cm³/mol. The number of benzene rings is 1. The van der Waals surface area contributed by atoms with Crippen LogP contribution >= 0.6 is 0 Å². The van der Waals surface area contributed by atoms with E-state index >= 15 is 0 Å². The highest BCUT2D eigenvalue weighted by atomic mass is 32.2. The van der Waals surface area contributed by atoms with Crippen LogP contribution in [0.15, 0.2) is 29.2 Å². The van der Waals surface area contributed by atoms with E-state index in [1.807, 2.05) is 27.7 Å². The molecule has 0 radical (unpaired) electrons. The Bertz CT molecular complexity index is 524. The Hall–Kier alpha value is -1.11. The van der Waals surface area contributed by atoms with Crippen LogP contribution in [0.3, 0.4) is 0 Å². The molecule has 0 aliphatic rings. The highest BCUT2D eigenvalue weighted by Crippen LogP contribution is 2.20. The maximum Gasteiger partial charge on any atom is 0.243 e. The Morgan fingerprint density at radius 1 is 1.14 bits per heavy atom. The first kappa shape index (κ1) is 17.9. The molecule has 0 heterocycles. The molecule has 5 nitrogen and oxygen atoms in total. The largest absolute Gasteiger partial charge is 0.497 e. The molecule has 1 rings (SSSR count). The summed E-state index contributed by atoms with van der Waals surface area (Å²) in [5.41, 5.74) is 0. The summed E-state index contributed by atoms with van der Waals surface area (Å²) in [4.78, 5) is 0.293. The van der Waals surface area contributed by atoms with Crippen molar-refractivity contribution in [2.24, 2.45) is 0 Å². The van der Waals surface area contributed by atoms with Crippen molar-refractivity contribution in [3.05, 3.63) is 24.3 Å². The smallest absolute Gasteiger partial charge is 0.243 e. The van der Waals surface area contributed by atoms with Crippen molar-refractivity contribution >= 4 is 10.0 Å². The van der Waals surface area contributed by atoms with Crippen molar-refractivity contribution in [2.75, 3.05) is 20.2 Å². The minimum absolute atomic E-state index is 0.0916. The van der Waals surface area contributed by atoms with E-state index in [1.54, 1.807) is 31.4 Å². The van der Waals surface area contributed by atoms with Gasteiger partial charge in [0.2, 0.25) is 10.0 Å². The molecule has 0 saturated heterocycles. The fourth-order valence-corrected chi connectivity index (χ4v) is 3.64. The van der Waals surface area contributed by atoms with Gasteiger partial charge in [0, 0.05) is 25.2 Å². The first-order valence-electron chi connectivity index (χ1n) is 7.18. The summed E-state index contributed by atoms with van der Waals surface area (Å²) in [5, 5.41) is 3.25. The molecule has 0 aliphatic heterocycles. The summed E-state index contributed by atoms with van der Waals surface area (Å²) in [6.07, 6.45) is 0. The highest BCUT2D eigenvalue weighted by molar-refractivity contribution is 7.89. The van der Waals surface area contributed by atoms with Crippen LogP contribution in [0.25, 0.3) is 0 Å². The fourth-order valence-electron chi connectivity index (χ4n) is 2.00. The van der Waals surface area contributed by atoms with Crippen LogP contribution in [0.5, 0.6) is 5.75 Å². The van der Waals surface area contributed by atoms with Crippen LogP contribution in [0, 0.1) is 0 Å². The second kappa shape index (κ2) is 7.77. The Kier molecular flexibility index (Phi) is 6.64. The molecular weight excluding hydrogens is 288 g/mol. The number of hydrogen-bond acceptors (Lipinski definition) is 4. The van der Waals surface area contributed by atoms with Gasteiger partial charge in [-0.2, -0.15) is 4.31 Å². The molecule has 1 aromatic rings. The van der Waals surface area contributed by atoms with Crippen molar-refractivity contribution in [1.82, 2.24) is 9.62 Å². The third kappa shape index (κ3) is 4.98. The van der Waals surface area contributed by atoms with E-state index in [0.717, 1.165) is 0 Å². The number of nitrogens with one attached hydrogen (secondary N) is 1. The molecular formula is C15H26N2O3S. The Labute approximate surface area is 128 Å². The van der Waals surface area contributed by atoms with Crippen molar-refractivity contribution < 1.29 is 13.2 Å². The SMILES string of the molecule is COc1ccc(S(=O)(=O)N(CCNC(C)C)C(C)C)cc1. The lowest BCUT2D eigenvalue weighted by atomic mass is 10.3. The van der Waals surface area contributed by atoms with Gasteiger partial charge in [-0.15, -0.1) is 0 Å². The van der Waals surface area contributed by atoms with Gasteiger partial charge in [-0.3, -0.25) is 0 Å². The molecule has 21 heavy (non-hydrogen) atoms. The summed E-state index contributed by atoms with van der Waals surface area (Å²) >= 11 is 0. The average molecular weight is 314 g/mol. The molecule has 0 aliphatic carbocycles. The van der Waals surface area contributed by atoms with Gasteiger partial charge in [0.25, 0.3) is 0 Å². The van der Waals surface area contributed by atoms with Crippen molar-refractivity contribution in [3.8, 4) is 5.75 Å². The zero-order valence-corrected chi connectivity index (χ0v) is 14.3. The Balaban J connectivity index is 2.92. The molecule has 0 saturated carbocycles. The molecule has 6 heteroatoms. The summed E-state index contributed by atoms with van der Waals surface area (Å²) in [6.45, 7) is 8.93. The van der Waals surface area contributed by atoms with Gasteiger partial charge in [-0.25, -0.2) is 8.42 Å². The number of nitrogens with zero attached hydrogens (tertiary/aromatic N) is 1. The van der Waals surface area contributed by atoms with Crippen LogP contribution in [0.4, 0.5) is 0 Å². The van der Waals surface area contributed by atoms with E-state index < -0.39 is 10.0 Å². The van der Waals surface area contributed by atoms with Gasteiger partial charge >= 0.3 is 0 Å². The normalized spacial score (nSPS) is 12.4. The first-order chi connectivity index (χ1) is 9.78. The molecule has 1 N–H and O–H groups in total. The summed E-state index contributed by atoms with van der Waals surface area (Å²) in [7, 11) is -1.93. The second-order valence-electron chi connectivity index (χ2n) is 5.49. The van der Waals surface area contributed by atoms with E-state index in [2.05, 4.69) is 5.32 Å². The Morgan fingerprint density at radius 2 is 1.71 bits per heavy atom. The maximum atomic E-state index is 12.7. The Morgan fingerprint density at radius 3 is 2.14 bits per heavy atom. The quantitative estimate of drug-likeness (QED) is 0.798. The number of ether oxygens (including phenoxy) is 1. The number of sulfonamides is 1. The average Bonchev–Trinajstić information content (AvgIpc) is 2.42. The molecule has 0 amide bonds. The molecule has 0 atom stereocenters. The molecule has 1 aromatic carbocycles. The van der Waals surface area contributed by atoms with Crippen molar-refractivity contribution in [2.45, 2.75) is 44.7 Å². The summed E-state index contributed by atoms with van der Waals surface area (Å²) < 4.78 is 32.0. The van der Waals surface area contributed by atoms with Crippen LogP contribution in [0.2, 0.25) is 0 Å². The van der Waals surface area contributed by atoms with E-state index in [-0.39, 0.29) is 6.04 Å². The minimum Gasteiger partial charge on any atom is -0.497 e. The van der Waals surface area contributed by atoms with Gasteiger partial charge < -0.3 is 10.1 Å². The highest BCUT2D eigenvalue weighted by Gasteiger charge is 2.26. The van der Waals surface area contributed by atoms with Gasteiger partial charge in [0.1, 0.15) is 5.75 Å². The van der Waals surface area contributed by atoms with Crippen LogP contribution < -0.4 is 10.1 Å². The molecule has 0 fully saturated rings. The predicted octanol–water partition coefficient (Wildman–Crippen LogP) is 2.09. The van der Waals surface area contributed by atoms with E-state index in [1.165, 1.54) is 4.31 Å². The van der Waals surface area contributed by atoms with Crippen LogP contribution in [-0.2, 0) is 10.0 Å². The zero-order chi connectivity index (χ0) is 16.0. The number of hydrogen-bond donors (Lipinski definition) is 1. The van der Waals surface area contributed by atoms with Crippen LogP contribution in [0.1, 0.15) is 27.7 Å². The van der Waals surface area contributed by atoms with Gasteiger partial charge in [-0.05, 0) is 38.1 Å². The van der Waals surface area contributed by atoms with E-state index in [0.29, 0.717) is 29.8 Å². The number of methoxy groups -OCH3 is 1. The summed E-state index contributed by atoms with van der Waals surface area (Å²) in [5.74, 6) is 0.645. The molecule has 0 bridgehead atoms. The standard InChI is InChI=1S/C15H26N2O3S/c1-12(2)16-10-11-17(13(3)4)21(18,19)15-8-6-14(20-5)7-9-15/h6-9,12-13,16H,10-11H2,1-5H3. The third-order valence-corrected chi connectivity index (χ3v) is 5.22. The topological polar surface area (TPSA) is 58.6 Å². The third-order valence-electron chi connectivity index (χ3n) is 3.13. The van der Waals surface area contributed by atoms with Gasteiger partial charge in [-0.1, -0.05) is 13.8 Å². The fraction of sp³-hybridized carbons (Fsp3) is 0.600. The lowest BCUT2D eigenvalue weighted by Gasteiger charge is -2.26. The van der Waals surface area contributed by atoms with Gasteiger partial charge in [0.15, 0.2) is 0 Å². The minimum atomic E-state index is -3.49. The lowest BCUT2D eigenvalue weighted by molar-refractivity contribution is 0.346. The van der Waals surface area contributed by atoms with Crippen molar-refractivity contribution in [1.29, 1.82) is 0 Å². The molecule has 0 spiro atoms. The molecule has 0 aromatic heterocycles.